The van der Waals surface area contributed by atoms with Gasteiger partial charge in [-0.1, -0.05) is 30.3 Å². The molecule has 1 heterocycles. The first-order chi connectivity index (χ1) is 18.2. The van der Waals surface area contributed by atoms with Crippen LogP contribution in [0.1, 0.15) is 32.7 Å². The van der Waals surface area contributed by atoms with Crippen LogP contribution in [0.5, 0.6) is 5.88 Å². The van der Waals surface area contributed by atoms with Crippen LogP contribution in [0, 0.1) is 0 Å². The number of aryl methyl sites for hydroxylation is 1. The molecule has 2 aromatic carbocycles. The van der Waals surface area contributed by atoms with Gasteiger partial charge in [-0.2, -0.15) is 0 Å². The second-order valence-corrected chi connectivity index (χ2v) is 9.51. The lowest BCUT2D eigenvalue weighted by atomic mass is 10.1. The number of sulfonamides is 1. The van der Waals surface area contributed by atoms with Gasteiger partial charge in [0.2, 0.25) is 11.8 Å². The number of benzene rings is 2. The highest BCUT2D eigenvalue weighted by molar-refractivity contribution is 7.90. The summed E-state index contributed by atoms with van der Waals surface area (Å²) in [6.07, 6.45) is 1.44. The van der Waals surface area contributed by atoms with E-state index in [2.05, 4.69) is 10.3 Å². The van der Waals surface area contributed by atoms with E-state index in [1.165, 1.54) is 35.9 Å². The normalized spacial score (nSPS) is 10.8. The van der Waals surface area contributed by atoms with E-state index in [1.807, 2.05) is 40.4 Å². The molecular weight excluding hydrogens is 514 g/mol. The van der Waals surface area contributed by atoms with Gasteiger partial charge in [-0.3, -0.25) is 19.7 Å². The van der Waals surface area contributed by atoms with E-state index in [4.69, 9.17) is 10.5 Å². The van der Waals surface area contributed by atoms with Crippen LogP contribution in [0.2, 0.25) is 0 Å². The van der Waals surface area contributed by atoms with Gasteiger partial charge in [0.1, 0.15) is 0 Å². The van der Waals surface area contributed by atoms with E-state index in [0.29, 0.717) is 6.54 Å². The van der Waals surface area contributed by atoms with Crippen molar-refractivity contribution in [2.75, 3.05) is 13.1 Å². The van der Waals surface area contributed by atoms with E-state index in [0.717, 1.165) is 25.1 Å². The smallest absolute Gasteiger partial charge is 0.391 e. The molecule has 3 rings (SSSR count). The molecule has 1 aromatic heterocycles. The number of carbonyl (C=O) groups is 4. The van der Waals surface area contributed by atoms with E-state index in [9.17, 15) is 27.6 Å². The molecule has 0 fully saturated rings. The molecule has 13 heteroatoms. The van der Waals surface area contributed by atoms with E-state index >= 15 is 0 Å². The summed E-state index contributed by atoms with van der Waals surface area (Å²) in [6.45, 7) is 0.0411. The van der Waals surface area contributed by atoms with Gasteiger partial charge in [0.15, 0.2) is 0 Å². The third-order valence-electron chi connectivity index (χ3n) is 5.05. The van der Waals surface area contributed by atoms with Gasteiger partial charge in [-0.15, -0.1) is 0 Å². The molecule has 0 radical (unpaired) electrons. The molecular formula is C25H25N5O7S. The van der Waals surface area contributed by atoms with Crippen molar-refractivity contribution in [2.24, 2.45) is 5.73 Å². The van der Waals surface area contributed by atoms with Crippen molar-refractivity contribution in [1.82, 2.24) is 20.3 Å². The Morgan fingerprint density at radius 3 is 2.18 bits per heavy atom. The maximum atomic E-state index is 12.6. The lowest BCUT2D eigenvalue weighted by molar-refractivity contribution is -0.118. The Labute approximate surface area is 218 Å². The fourth-order valence-corrected chi connectivity index (χ4v) is 4.10. The topological polar surface area (TPSA) is 187 Å². The number of rotatable bonds is 10. The number of imide groups is 1. The highest BCUT2D eigenvalue weighted by atomic mass is 32.2. The fourth-order valence-electron chi connectivity index (χ4n) is 3.13. The van der Waals surface area contributed by atoms with Crippen LogP contribution in [0.4, 0.5) is 4.79 Å². The van der Waals surface area contributed by atoms with Gasteiger partial charge in [0.05, 0.1) is 17.0 Å². The van der Waals surface area contributed by atoms with Crippen LogP contribution in [-0.2, 0) is 21.2 Å². The second-order valence-electron chi connectivity index (χ2n) is 7.83. The minimum Gasteiger partial charge on any atom is -0.391 e. The summed E-state index contributed by atoms with van der Waals surface area (Å²) in [5, 5.41) is 4.63. The van der Waals surface area contributed by atoms with Gasteiger partial charge in [-0.05, 0) is 48.7 Å². The number of amides is 4. The predicted octanol–water partition coefficient (Wildman–Crippen LogP) is 1.14. The van der Waals surface area contributed by atoms with Crippen LogP contribution < -0.4 is 25.8 Å². The molecule has 0 aliphatic heterocycles. The van der Waals surface area contributed by atoms with Gasteiger partial charge < -0.3 is 15.8 Å². The van der Waals surface area contributed by atoms with Crippen LogP contribution >= 0.6 is 0 Å². The molecule has 0 aliphatic rings. The summed E-state index contributed by atoms with van der Waals surface area (Å²) in [6, 6.07) is 17.3. The highest BCUT2D eigenvalue weighted by Gasteiger charge is 2.20. The van der Waals surface area contributed by atoms with Crippen LogP contribution in [0.3, 0.4) is 0 Å². The van der Waals surface area contributed by atoms with E-state index in [-0.39, 0.29) is 27.8 Å². The number of carbonyl (C=O) groups excluding carboxylic acids is 4. The quantitative estimate of drug-likeness (QED) is 0.274. The first-order valence-electron chi connectivity index (χ1n) is 11.3. The summed E-state index contributed by atoms with van der Waals surface area (Å²) in [5.74, 6) is -2.32. The molecule has 0 spiro atoms. The van der Waals surface area contributed by atoms with Crippen LogP contribution in [0.15, 0.2) is 77.8 Å². The van der Waals surface area contributed by atoms with Gasteiger partial charge in [0.25, 0.3) is 21.8 Å². The SMILES string of the molecule is NCC(=O)NC(=O)Oc1ccc(C(=O)NS(=O)(=O)c2ccc(C(=O)NCCCc3ccccc3)cc2)cn1. The minimum atomic E-state index is -4.25. The van der Waals surface area contributed by atoms with Crippen LogP contribution in [-0.4, -0.2) is 50.3 Å². The molecule has 38 heavy (non-hydrogen) atoms. The molecule has 198 valence electrons. The zero-order valence-electron chi connectivity index (χ0n) is 20.0. The molecule has 0 bridgehead atoms. The Kier molecular flexibility index (Phi) is 9.62. The summed E-state index contributed by atoms with van der Waals surface area (Å²) < 4.78 is 31.9. The van der Waals surface area contributed by atoms with Gasteiger partial charge >= 0.3 is 6.09 Å². The Bertz CT molecular complexity index is 1390. The lowest BCUT2D eigenvalue weighted by Crippen LogP contribution is -2.37. The Hall–Kier alpha value is -4.62. The highest BCUT2D eigenvalue weighted by Crippen LogP contribution is 2.13. The number of pyridine rings is 1. The monoisotopic (exact) mass is 539 g/mol. The Balaban J connectivity index is 1.52. The molecule has 0 saturated heterocycles. The first-order valence-corrected chi connectivity index (χ1v) is 12.8. The molecule has 5 N–H and O–H groups in total. The fraction of sp³-hybridized carbons (Fsp3) is 0.160. The summed E-state index contributed by atoms with van der Waals surface area (Å²) in [5.41, 5.74) is 6.38. The lowest BCUT2D eigenvalue weighted by Gasteiger charge is -2.09. The number of hydrogen-bond donors (Lipinski definition) is 4. The Morgan fingerprint density at radius 1 is 0.868 bits per heavy atom. The van der Waals surface area contributed by atoms with E-state index < -0.39 is 34.5 Å². The summed E-state index contributed by atoms with van der Waals surface area (Å²) >= 11 is 0. The number of nitrogens with zero attached hydrogens (tertiary/aromatic N) is 1. The number of nitrogens with one attached hydrogen (secondary N) is 3. The summed E-state index contributed by atoms with van der Waals surface area (Å²) in [4.78, 5) is 50.8. The molecule has 0 unspecified atom stereocenters. The Morgan fingerprint density at radius 2 is 1.55 bits per heavy atom. The molecule has 0 atom stereocenters. The average molecular weight is 540 g/mol. The average Bonchev–Trinajstić information content (AvgIpc) is 2.91. The third kappa shape index (κ3) is 8.21. The van der Waals surface area contributed by atoms with Crippen molar-refractivity contribution in [3.63, 3.8) is 0 Å². The van der Waals surface area contributed by atoms with Crippen molar-refractivity contribution in [3.8, 4) is 5.88 Å². The zero-order chi connectivity index (χ0) is 27.5. The molecule has 12 nitrogen and oxygen atoms in total. The number of ether oxygens (including phenoxy) is 1. The number of aromatic nitrogens is 1. The van der Waals surface area contributed by atoms with E-state index in [1.54, 1.807) is 0 Å². The molecule has 4 amide bonds. The van der Waals surface area contributed by atoms with Crippen LogP contribution in [0.25, 0.3) is 0 Å². The van der Waals surface area contributed by atoms with Gasteiger partial charge in [0, 0.05) is 24.4 Å². The number of nitrogens with two attached hydrogens (primary N) is 1. The van der Waals surface area contributed by atoms with Crippen molar-refractivity contribution < 1.29 is 32.3 Å². The summed E-state index contributed by atoms with van der Waals surface area (Å²) in [7, 11) is -4.25. The second kappa shape index (κ2) is 13.1. The van der Waals surface area contributed by atoms with Crippen molar-refractivity contribution in [1.29, 1.82) is 0 Å². The maximum Gasteiger partial charge on any atom is 0.420 e. The standard InChI is InChI=1S/C25H25N5O7S/c26-15-21(31)29-25(34)37-22-13-10-19(16-28-22)24(33)30-38(35,36)20-11-8-18(9-12-20)23(32)27-14-4-7-17-5-2-1-3-6-17/h1-3,5-6,8-13,16H,4,7,14-15,26H2,(H,27,32)(H,30,33)(H,29,31,34). The third-order valence-corrected chi connectivity index (χ3v) is 6.39. The zero-order valence-corrected chi connectivity index (χ0v) is 20.9. The largest absolute Gasteiger partial charge is 0.420 e. The maximum absolute atomic E-state index is 12.6. The first kappa shape index (κ1) is 28.0. The predicted molar refractivity (Wildman–Crippen MR) is 136 cm³/mol. The van der Waals surface area contributed by atoms with Crippen molar-refractivity contribution in [2.45, 2.75) is 17.7 Å². The molecule has 0 aliphatic carbocycles. The van der Waals surface area contributed by atoms with Crippen molar-refractivity contribution in [3.05, 3.63) is 89.6 Å². The number of hydrogen-bond acceptors (Lipinski definition) is 9. The van der Waals surface area contributed by atoms with Gasteiger partial charge in [-0.25, -0.2) is 22.9 Å². The van der Waals surface area contributed by atoms with Crippen molar-refractivity contribution >= 4 is 33.8 Å². The molecule has 0 saturated carbocycles. The molecule has 3 aromatic rings. The minimum absolute atomic E-state index is 0.133.